The summed E-state index contributed by atoms with van der Waals surface area (Å²) in [7, 11) is 0. The van der Waals surface area contributed by atoms with E-state index in [2.05, 4.69) is 127 Å². The van der Waals surface area contributed by atoms with Gasteiger partial charge in [0, 0.05) is 0 Å². The number of allylic oxidation sites excluding steroid dienone is 8. The fourth-order valence-electron chi connectivity index (χ4n) is 5.12. The normalized spacial score (nSPS) is 15.5. The van der Waals surface area contributed by atoms with Gasteiger partial charge in [-0.2, -0.15) is 0 Å². The van der Waals surface area contributed by atoms with Crippen LogP contribution in [0, 0.1) is 0 Å². The summed E-state index contributed by atoms with van der Waals surface area (Å²) < 4.78 is 7.58. The van der Waals surface area contributed by atoms with Crippen molar-refractivity contribution in [2.75, 3.05) is 0 Å². The Balaban J connectivity index is 0.00000153. The first-order chi connectivity index (χ1) is 15.1. The fraction of sp³-hybridized carbons (Fsp3) is 0.103. The quantitative estimate of drug-likeness (QED) is 0.286. The van der Waals surface area contributed by atoms with Gasteiger partial charge in [-0.1, -0.05) is 0 Å². The number of benzene rings is 3. The maximum atomic E-state index is 2.65. The van der Waals surface area contributed by atoms with E-state index in [0.29, 0.717) is 0 Å². The first-order valence-corrected chi connectivity index (χ1v) is 23.2. The average Bonchev–Trinajstić information content (AvgIpc) is 3.53. The minimum atomic E-state index is -3.62. The van der Waals surface area contributed by atoms with Gasteiger partial charge < -0.3 is 0 Å². The summed E-state index contributed by atoms with van der Waals surface area (Å²) in [6, 6.07) is 33.1. The van der Waals surface area contributed by atoms with Crippen LogP contribution in [0.1, 0.15) is 24.0 Å². The van der Waals surface area contributed by atoms with Gasteiger partial charge in [-0.05, 0) is 0 Å². The Morgan fingerprint density at radius 2 is 0.939 bits per heavy atom. The van der Waals surface area contributed by atoms with Gasteiger partial charge in [0.05, 0.1) is 0 Å². The van der Waals surface area contributed by atoms with E-state index in [4.69, 9.17) is 0 Å². The molecule has 0 saturated heterocycles. The third kappa shape index (κ3) is 4.64. The maximum absolute atomic E-state index is 3.62. The molecule has 0 saturated carbocycles. The second kappa shape index (κ2) is 10.3. The Bertz CT molecular complexity index is 1240. The van der Waals surface area contributed by atoms with Crippen molar-refractivity contribution in [2.24, 2.45) is 0 Å². The van der Waals surface area contributed by atoms with Crippen molar-refractivity contribution in [3.63, 3.8) is 0 Å². The molecule has 0 bridgehead atoms. The summed E-state index contributed by atoms with van der Waals surface area (Å²) in [5.74, 6) is 0. The van der Waals surface area contributed by atoms with E-state index in [1.54, 1.807) is 9.83 Å². The molecule has 3 aromatic rings. The monoisotopic (exact) mass is 566 g/mol. The third-order valence-corrected chi connectivity index (χ3v) is 30.0. The van der Waals surface area contributed by atoms with Gasteiger partial charge in [-0.25, -0.2) is 0 Å². The molecular formula is C29H30Cl2SiZr. The molecule has 5 rings (SSSR count). The van der Waals surface area contributed by atoms with Crippen LogP contribution < -0.4 is 3.27 Å². The van der Waals surface area contributed by atoms with Gasteiger partial charge in [0.1, 0.15) is 0 Å². The van der Waals surface area contributed by atoms with Crippen LogP contribution in [0.3, 0.4) is 0 Å². The molecule has 0 N–H and O–H groups in total. The van der Waals surface area contributed by atoms with Crippen molar-refractivity contribution in [3.05, 3.63) is 133 Å². The van der Waals surface area contributed by atoms with Gasteiger partial charge in [0.15, 0.2) is 0 Å². The van der Waals surface area contributed by atoms with Crippen molar-refractivity contribution in [2.45, 2.75) is 17.5 Å². The van der Waals surface area contributed by atoms with E-state index >= 15 is 0 Å². The molecule has 0 heterocycles. The second-order valence-corrected chi connectivity index (χ2v) is 34.1. The molecule has 0 aromatic heterocycles. The van der Waals surface area contributed by atoms with E-state index in [0.717, 1.165) is 12.8 Å². The SMILES string of the molecule is Cl.Cl.[CH3][Zr](=[SiH2])([C]1=CC(c2ccccc2)=CC1)([C]1=CC(c2ccccc2)=CC1)[c]1ccccc1. The first-order valence-electron chi connectivity index (χ1n) is 11.1. The van der Waals surface area contributed by atoms with Crippen molar-refractivity contribution < 1.29 is 17.4 Å². The van der Waals surface area contributed by atoms with Crippen molar-refractivity contribution in [1.82, 2.24) is 0 Å². The number of hydrogen-bond acceptors (Lipinski definition) is 0. The Morgan fingerprint density at radius 3 is 1.33 bits per heavy atom. The van der Waals surface area contributed by atoms with Crippen LogP contribution in [-0.2, 0) is 17.4 Å². The predicted molar refractivity (Wildman–Crippen MR) is 149 cm³/mol. The Labute approximate surface area is 212 Å². The van der Waals surface area contributed by atoms with Gasteiger partial charge >= 0.3 is 189 Å². The standard InChI is InChI=1S/2C11H9.C6H5.CH3.2ClH.H2Si.Zr/c2*1-2-6-10(7-3-1)11-8-4-5-9-11;1-2-4-6-5-3-1;;;;;/h2*1-3,6-9H,4H2;1-5H;1H3;2*1H;1H2;. The zero-order valence-corrected chi connectivity index (χ0v) is 24.4. The summed E-state index contributed by atoms with van der Waals surface area (Å²) in [4.78, 5) is 0. The molecule has 0 radical (unpaired) electrons. The summed E-state index contributed by atoms with van der Waals surface area (Å²) in [6.45, 7) is 2.35. The molecule has 0 spiro atoms. The molecule has 2 aliphatic rings. The first kappa shape index (κ1) is 25.9. The molecule has 0 unspecified atom stereocenters. The van der Waals surface area contributed by atoms with E-state index in [1.165, 1.54) is 22.3 Å². The zero-order valence-electron chi connectivity index (χ0n) is 18.9. The van der Waals surface area contributed by atoms with E-state index in [-0.39, 0.29) is 24.8 Å². The van der Waals surface area contributed by atoms with Crippen molar-refractivity contribution >= 4 is 46.1 Å². The Kier molecular flexibility index (Phi) is 8.07. The van der Waals surface area contributed by atoms with Crippen molar-refractivity contribution in [3.8, 4) is 0 Å². The Morgan fingerprint density at radius 1 is 0.576 bits per heavy atom. The summed E-state index contributed by atoms with van der Waals surface area (Å²) in [5, 5.41) is 0. The van der Waals surface area contributed by atoms with Crippen LogP contribution in [-0.4, -0.2) is 6.88 Å². The van der Waals surface area contributed by atoms with E-state index in [9.17, 15) is 0 Å². The summed E-state index contributed by atoms with van der Waals surface area (Å²) >= 11 is -3.62. The van der Waals surface area contributed by atoms with Gasteiger partial charge in [0.2, 0.25) is 0 Å². The fourth-order valence-corrected chi connectivity index (χ4v) is 20.9. The second-order valence-electron chi connectivity index (χ2n) is 9.17. The van der Waals surface area contributed by atoms with E-state index in [1.807, 2.05) is 0 Å². The number of hydrogen-bond donors (Lipinski definition) is 0. The van der Waals surface area contributed by atoms with Crippen LogP contribution >= 0.6 is 24.8 Å². The molecule has 0 atom stereocenters. The number of halogens is 2. The van der Waals surface area contributed by atoms with Crippen LogP contribution in [0.15, 0.2) is 122 Å². The summed E-state index contributed by atoms with van der Waals surface area (Å²) in [6.07, 6.45) is 12.1. The van der Waals surface area contributed by atoms with Crippen LogP contribution in [0.5, 0.6) is 0 Å². The zero-order chi connectivity index (χ0) is 21.3. The third-order valence-electron chi connectivity index (χ3n) is 7.25. The molecule has 0 aliphatic heterocycles. The number of rotatable bonds is 5. The van der Waals surface area contributed by atoms with E-state index < -0.39 is 17.4 Å². The average molecular weight is 569 g/mol. The topological polar surface area (TPSA) is 0 Å². The molecule has 0 fully saturated rings. The molecule has 3 aromatic carbocycles. The minimum absolute atomic E-state index is 0. The van der Waals surface area contributed by atoms with Crippen LogP contribution in [0.2, 0.25) is 4.63 Å². The molecule has 4 heteroatoms. The molecule has 33 heavy (non-hydrogen) atoms. The predicted octanol–water partition coefficient (Wildman–Crippen LogP) is 7.18. The summed E-state index contributed by atoms with van der Waals surface area (Å²) in [5.41, 5.74) is 5.43. The van der Waals surface area contributed by atoms with Gasteiger partial charge in [-0.3, -0.25) is 0 Å². The van der Waals surface area contributed by atoms with Gasteiger partial charge in [-0.15, -0.1) is 24.8 Å². The molecule has 168 valence electrons. The molecule has 2 aliphatic carbocycles. The van der Waals surface area contributed by atoms with Crippen LogP contribution in [0.25, 0.3) is 11.1 Å². The Hall–Kier alpha value is -1.70. The van der Waals surface area contributed by atoms with Gasteiger partial charge in [0.25, 0.3) is 0 Å². The molecule has 0 nitrogen and oxygen atoms in total. The van der Waals surface area contributed by atoms with Crippen molar-refractivity contribution in [1.29, 1.82) is 0 Å². The molecular weight excluding hydrogens is 539 g/mol. The molecule has 0 amide bonds. The van der Waals surface area contributed by atoms with Crippen LogP contribution in [0.4, 0.5) is 0 Å².